The first-order valence-electron chi connectivity index (χ1n) is 9.21. The van der Waals surface area contributed by atoms with Gasteiger partial charge in [-0.3, -0.25) is 0 Å². The Hall–Kier alpha value is -2.51. The lowest BCUT2D eigenvalue weighted by Crippen LogP contribution is -2.36. The number of fused-ring (bicyclic) bond motifs is 2. The second-order valence-corrected chi connectivity index (χ2v) is 7.02. The fourth-order valence-electron chi connectivity index (χ4n) is 4.18. The standard InChI is InChI=1S/C17H22N8/c1-2-6-13-22-23-16(25(13)8-3-1)12-5-4-7-24(9-12)17-14-15(19-10-18-14)20-11-21-17/h10-12H,1-9H2,(H,18,19,20,21). The van der Waals surface area contributed by atoms with E-state index in [1.165, 1.54) is 25.1 Å². The van der Waals surface area contributed by atoms with Gasteiger partial charge in [0.1, 0.15) is 23.5 Å². The SMILES string of the molecule is c1nc(N2CCCC(c3nnc4n3CCCCC4)C2)c2[nH]cnc2n1. The summed E-state index contributed by atoms with van der Waals surface area (Å²) in [7, 11) is 0. The van der Waals surface area contributed by atoms with E-state index in [2.05, 4.69) is 39.6 Å². The number of anilines is 1. The number of hydrogen-bond acceptors (Lipinski definition) is 6. The number of rotatable bonds is 2. The van der Waals surface area contributed by atoms with Crippen molar-refractivity contribution >= 4 is 17.0 Å². The first-order valence-corrected chi connectivity index (χ1v) is 9.21. The van der Waals surface area contributed by atoms with Crippen molar-refractivity contribution in [2.45, 2.75) is 51.0 Å². The third-order valence-electron chi connectivity index (χ3n) is 5.43. The molecule has 0 bridgehead atoms. The number of aryl methyl sites for hydroxylation is 1. The topological polar surface area (TPSA) is 88.4 Å². The average Bonchev–Trinajstić information content (AvgIpc) is 3.23. The Labute approximate surface area is 145 Å². The highest BCUT2D eigenvalue weighted by molar-refractivity contribution is 5.82. The molecular formula is C17H22N8. The largest absolute Gasteiger partial charge is 0.354 e. The zero-order valence-corrected chi connectivity index (χ0v) is 14.2. The van der Waals surface area contributed by atoms with Crippen molar-refractivity contribution in [3.05, 3.63) is 24.3 Å². The van der Waals surface area contributed by atoms with Crippen LogP contribution in [0.25, 0.3) is 11.2 Å². The normalized spacial score (nSPS) is 21.3. The number of hydrogen-bond donors (Lipinski definition) is 1. The summed E-state index contributed by atoms with van der Waals surface area (Å²) in [6.45, 7) is 2.98. The van der Waals surface area contributed by atoms with Gasteiger partial charge in [0.2, 0.25) is 0 Å². The van der Waals surface area contributed by atoms with Crippen molar-refractivity contribution in [2.24, 2.45) is 0 Å². The minimum atomic E-state index is 0.404. The van der Waals surface area contributed by atoms with Crippen molar-refractivity contribution in [3.63, 3.8) is 0 Å². The van der Waals surface area contributed by atoms with Gasteiger partial charge in [0, 0.05) is 32.0 Å². The molecule has 1 saturated heterocycles. The van der Waals surface area contributed by atoms with Gasteiger partial charge in [-0.25, -0.2) is 15.0 Å². The molecule has 130 valence electrons. The van der Waals surface area contributed by atoms with Crippen molar-refractivity contribution in [2.75, 3.05) is 18.0 Å². The van der Waals surface area contributed by atoms with Crippen LogP contribution in [0.5, 0.6) is 0 Å². The Morgan fingerprint density at radius 2 is 2.00 bits per heavy atom. The molecule has 2 aliphatic rings. The third kappa shape index (κ3) is 2.56. The molecule has 1 N–H and O–H groups in total. The maximum absolute atomic E-state index is 4.58. The Bertz CT molecular complexity index is 882. The van der Waals surface area contributed by atoms with Crippen LogP contribution in [0.3, 0.4) is 0 Å². The molecule has 0 aromatic carbocycles. The zero-order chi connectivity index (χ0) is 16.6. The molecule has 5 heterocycles. The molecule has 1 atom stereocenters. The predicted molar refractivity (Wildman–Crippen MR) is 93.4 cm³/mol. The van der Waals surface area contributed by atoms with E-state index < -0.39 is 0 Å². The second kappa shape index (κ2) is 6.09. The molecular weight excluding hydrogens is 316 g/mol. The molecule has 1 fully saturated rings. The number of aromatic nitrogens is 7. The summed E-state index contributed by atoms with van der Waals surface area (Å²) in [4.78, 5) is 18.5. The van der Waals surface area contributed by atoms with Gasteiger partial charge >= 0.3 is 0 Å². The zero-order valence-electron chi connectivity index (χ0n) is 14.2. The van der Waals surface area contributed by atoms with E-state index >= 15 is 0 Å². The van der Waals surface area contributed by atoms with Crippen molar-refractivity contribution < 1.29 is 0 Å². The van der Waals surface area contributed by atoms with Crippen molar-refractivity contribution in [1.29, 1.82) is 0 Å². The third-order valence-corrected chi connectivity index (χ3v) is 5.43. The van der Waals surface area contributed by atoms with Crippen LogP contribution in [0.2, 0.25) is 0 Å². The summed E-state index contributed by atoms with van der Waals surface area (Å²) in [5.74, 6) is 3.68. The first kappa shape index (κ1) is 14.8. The van der Waals surface area contributed by atoms with E-state index in [0.717, 1.165) is 61.7 Å². The van der Waals surface area contributed by atoms with E-state index in [-0.39, 0.29) is 0 Å². The van der Waals surface area contributed by atoms with Gasteiger partial charge in [0.15, 0.2) is 11.5 Å². The Morgan fingerprint density at radius 3 is 3.00 bits per heavy atom. The van der Waals surface area contributed by atoms with Gasteiger partial charge in [-0.05, 0) is 25.7 Å². The second-order valence-electron chi connectivity index (χ2n) is 7.02. The predicted octanol–water partition coefficient (Wildman–Crippen LogP) is 2.05. The molecule has 3 aromatic rings. The monoisotopic (exact) mass is 338 g/mol. The fourth-order valence-corrected chi connectivity index (χ4v) is 4.18. The summed E-state index contributed by atoms with van der Waals surface area (Å²) in [5, 5.41) is 9.06. The quantitative estimate of drug-likeness (QED) is 0.769. The van der Waals surface area contributed by atoms with Gasteiger partial charge < -0.3 is 14.5 Å². The molecule has 0 amide bonds. The minimum absolute atomic E-state index is 0.404. The van der Waals surface area contributed by atoms with E-state index in [0.29, 0.717) is 5.92 Å². The van der Waals surface area contributed by atoms with Crippen LogP contribution < -0.4 is 4.90 Å². The molecule has 0 radical (unpaired) electrons. The lowest BCUT2D eigenvalue weighted by molar-refractivity contribution is 0.464. The van der Waals surface area contributed by atoms with E-state index in [9.17, 15) is 0 Å². The molecule has 25 heavy (non-hydrogen) atoms. The molecule has 5 rings (SSSR count). The fraction of sp³-hybridized carbons (Fsp3) is 0.588. The summed E-state index contributed by atoms with van der Waals surface area (Å²) in [6.07, 6.45) is 10.4. The molecule has 0 aliphatic carbocycles. The smallest absolute Gasteiger partial charge is 0.182 e. The molecule has 8 nitrogen and oxygen atoms in total. The van der Waals surface area contributed by atoms with E-state index in [1.807, 2.05) is 0 Å². The van der Waals surface area contributed by atoms with Gasteiger partial charge in [0.25, 0.3) is 0 Å². The Balaban J connectivity index is 1.45. The van der Waals surface area contributed by atoms with E-state index in [1.54, 1.807) is 12.7 Å². The number of nitrogens with one attached hydrogen (secondary N) is 1. The van der Waals surface area contributed by atoms with Crippen LogP contribution in [0, 0.1) is 0 Å². The number of nitrogens with zero attached hydrogens (tertiary/aromatic N) is 7. The van der Waals surface area contributed by atoms with Crippen molar-refractivity contribution in [1.82, 2.24) is 34.7 Å². The van der Waals surface area contributed by atoms with Crippen LogP contribution in [-0.4, -0.2) is 47.8 Å². The van der Waals surface area contributed by atoms with Crippen LogP contribution in [0.4, 0.5) is 5.82 Å². The lowest BCUT2D eigenvalue weighted by atomic mass is 9.97. The maximum atomic E-state index is 4.58. The number of piperidine rings is 1. The molecule has 2 aliphatic heterocycles. The van der Waals surface area contributed by atoms with Gasteiger partial charge in [-0.15, -0.1) is 10.2 Å². The molecule has 1 unspecified atom stereocenters. The Kier molecular flexibility index (Phi) is 3.61. The Morgan fingerprint density at radius 1 is 1.00 bits per heavy atom. The van der Waals surface area contributed by atoms with Crippen molar-refractivity contribution in [3.8, 4) is 0 Å². The maximum Gasteiger partial charge on any atom is 0.182 e. The van der Waals surface area contributed by atoms with Crippen LogP contribution >= 0.6 is 0 Å². The molecule has 8 heteroatoms. The number of H-pyrrole nitrogens is 1. The van der Waals surface area contributed by atoms with Crippen LogP contribution in [-0.2, 0) is 13.0 Å². The highest BCUT2D eigenvalue weighted by Crippen LogP contribution is 2.31. The lowest BCUT2D eigenvalue weighted by Gasteiger charge is -2.33. The molecule has 0 spiro atoms. The summed E-state index contributed by atoms with van der Waals surface area (Å²) >= 11 is 0. The summed E-state index contributed by atoms with van der Waals surface area (Å²) in [6, 6.07) is 0. The van der Waals surface area contributed by atoms with Crippen LogP contribution in [0.15, 0.2) is 12.7 Å². The highest BCUT2D eigenvalue weighted by atomic mass is 15.3. The molecule has 0 saturated carbocycles. The van der Waals surface area contributed by atoms with Crippen LogP contribution in [0.1, 0.15) is 49.7 Å². The van der Waals surface area contributed by atoms with Gasteiger partial charge in [0.05, 0.1) is 6.33 Å². The molecule has 3 aromatic heterocycles. The first-order chi connectivity index (χ1) is 12.4. The summed E-state index contributed by atoms with van der Waals surface area (Å²) < 4.78 is 2.38. The minimum Gasteiger partial charge on any atom is -0.354 e. The number of imidazole rings is 1. The average molecular weight is 338 g/mol. The van der Waals surface area contributed by atoms with Gasteiger partial charge in [-0.1, -0.05) is 6.42 Å². The van der Waals surface area contributed by atoms with Gasteiger partial charge in [-0.2, -0.15) is 0 Å². The summed E-state index contributed by atoms with van der Waals surface area (Å²) in [5.41, 5.74) is 1.65. The number of aromatic amines is 1. The highest BCUT2D eigenvalue weighted by Gasteiger charge is 2.29. The van der Waals surface area contributed by atoms with E-state index in [4.69, 9.17) is 0 Å².